The van der Waals surface area contributed by atoms with Gasteiger partial charge in [-0.05, 0) is 47.6 Å². The summed E-state index contributed by atoms with van der Waals surface area (Å²) in [4.78, 5) is 37.1. The van der Waals surface area contributed by atoms with Crippen LogP contribution in [0, 0.1) is 11.3 Å². The monoisotopic (exact) mass is 482 g/mol. The third-order valence-electron chi connectivity index (χ3n) is 5.45. The van der Waals surface area contributed by atoms with Gasteiger partial charge in [0.25, 0.3) is 0 Å². The van der Waals surface area contributed by atoms with E-state index < -0.39 is 17.4 Å². The largest absolute Gasteiger partial charge is 0.493 e. The van der Waals surface area contributed by atoms with Gasteiger partial charge in [0.05, 0.1) is 13.7 Å². The number of benzene rings is 2. The van der Waals surface area contributed by atoms with Crippen molar-refractivity contribution >= 4 is 23.5 Å². The topological polar surface area (TPSA) is 93.7 Å². The average Bonchev–Trinajstić information content (AvgIpc) is 2.78. The minimum Gasteiger partial charge on any atom is -0.493 e. The number of ether oxygens (including phenoxy) is 2. The van der Waals surface area contributed by atoms with Gasteiger partial charge in [0.15, 0.2) is 0 Å². The van der Waals surface area contributed by atoms with Crippen molar-refractivity contribution in [3.8, 4) is 5.75 Å². The maximum Gasteiger partial charge on any atom is 0.328 e. The molecule has 7 nitrogen and oxygen atoms in total. The molecule has 0 fully saturated rings. The molecule has 1 unspecified atom stereocenters. The van der Waals surface area contributed by atoms with Crippen LogP contribution in [-0.2, 0) is 25.5 Å². The third-order valence-corrected chi connectivity index (χ3v) is 5.45. The van der Waals surface area contributed by atoms with Crippen molar-refractivity contribution in [2.24, 2.45) is 11.3 Å². The fourth-order valence-corrected chi connectivity index (χ4v) is 3.78. The molecule has 0 saturated heterocycles. The van der Waals surface area contributed by atoms with Gasteiger partial charge in [-0.2, -0.15) is 0 Å². The molecular weight excluding hydrogens is 444 g/mol. The summed E-state index contributed by atoms with van der Waals surface area (Å²) >= 11 is 0. The summed E-state index contributed by atoms with van der Waals surface area (Å²) in [5.41, 5.74) is 1.29. The second kappa shape index (κ2) is 13.5. The Morgan fingerprint density at radius 1 is 0.914 bits per heavy atom. The second-order valence-corrected chi connectivity index (χ2v) is 9.95. The first kappa shape index (κ1) is 27.9. The predicted octanol–water partition coefficient (Wildman–Crippen LogP) is 4.76. The van der Waals surface area contributed by atoms with Crippen molar-refractivity contribution < 1.29 is 23.9 Å². The van der Waals surface area contributed by atoms with Crippen molar-refractivity contribution in [2.75, 3.05) is 19.0 Å². The summed E-state index contributed by atoms with van der Waals surface area (Å²) < 4.78 is 10.6. The van der Waals surface area contributed by atoms with Crippen LogP contribution in [0.2, 0.25) is 0 Å². The molecule has 0 saturated carbocycles. The smallest absolute Gasteiger partial charge is 0.328 e. The second-order valence-electron chi connectivity index (χ2n) is 9.95. The van der Waals surface area contributed by atoms with Crippen LogP contribution < -0.4 is 15.4 Å². The summed E-state index contributed by atoms with van der Waals surface area (Å²) in [6.45, 7) is 8.22. The highest BCUT2D eigenvalue weighted by Gasteiger charge is 2.29. The molecule has 7 heteroatoms. The molecule has 0 heterocycles. The Hall–Kier alpha value is -3.35. The normalized spacial score (nSPS) is 12.1. The van der Waals surface area contributed by atoms with Crippen LogP contribution >= 0.6 is 0 Å². The molecular formula is C28H38N2O5. The Bertz CT molecular complexity index is 955. The van der Waals surface area contributed by atoms with Crippen LogP contribution in [-0.4, -0.2) is 37.5 Å². The van der Waals surface area contributed by atoms with Gasteiger partial charge in [0, 0.05) is 24.9 Å². The van der Waals surface area contributed by atoms with Crippen molar-refractivity contribution in [3.05, 3.63) is 60.2 Å². The fourth-order valence-electron chi connectivity index (χ4n) is 3.78. The molecule has 0 radical (unpaired) electrons. The maximum absolute atomic E-state index is 12.6. The molecule has 0 aliphatic rings. The highest BCUT2D eigenvalue weighted by Crippen LogP contribution is 2.26. The molecule has 2 amide bonds. The average molecular weight is 483 g/mol. The summed E-state index contributed by atoms with van der Waals surface area (Å²) in [6.07, 6.45) is 1.58. The number of esters is 1. The first-order chi connectivity index (χ1) is 16.6. The SMILES string of the molecule is COC(=O)C(CC(C)C)NC(=O)CC(C)(C)CC(=O)Nc1ccc(OCCc2ccccc2)cc1. The van der Waals surface area contributed by atoms with Gasteiger partial charge in [-0.3, -0.25) is 9.59 Å². The Morgan fingerprint density at radius 3 is 2.14 bits per heavy atom. The number of anilines is 1. The van der Waals surface area contributed by atoms with Gasteiger partial charge in [0.1, 0.15) is 11.8 Å². The van der Waals surface area contributed by atoms with E-state index >= 15 is 0 Å². The van der Waals surface area contributed by atoms with Crippen LogP contribution in [0.15, 0.2) is 54.6 Å². The molecule has 0 aliphatic carbocycles. The van der Waals surface area contributed by atoms with E-state index in [1.807, 2.05) is 58.0 Å². The number of amides is 2. The third kappa shape index (κ3) is 10.6. The van der Waals surface area contributed by atoms with Crippen molar-refractivity contribution in [2.45, 2.75) is 59.4 Å². The lowest BCUT2D eigenvalue weighted by molar-refractivity contribution is -0.145. The summed E-state index contributed by atoms with van der Waals surface area (Å²) in [6, 6.07) is 16.7. The lowest BCUT2D eigenvalue weighted by Crippen LogP contribution is -2.43. The van der Waals surface area contributed by atoms with E-state index in [2.05, 4.69) is 22.8 Å². The summed E-state index contributed by atoms with van der Waals surface area (Å²) in [7, 11) is 1.31. The van der Waals surface area contributed by atoms with Crippen LogP contribution in [0.1, 0.15) is 52.5 Å². The predicted molar refractivity (Wildman–Crippen MR) is 137 cm³/mol. The molecule has 0 aromatic heterocycles. The number of methoxy groups -OCH3 is 1. The zero-order valence-corrected chi connectivity index (χ0v) is 21.4. The van der Waals surface area contributed by atoms with Crippen molar-refractivity contribution in [3.63, 3.8) is 0 Å². The van der Waals surface area contributed by atoms with Gasteiger partial charge in [-0.15, -0.1) is 0 Å². The molecule has 0 aliphatic heterocycles. The number of rotatable bonds is 13. The number of hydrogen-bond acceptors (Lipinski definition) is 5. The van der Waals surface area contributed by atoms with Crippen LogP contribution in [0.5, 0.6) is 5.75 Å². The Balaban J connectivity index is 1.80. The Kier molecular flexibility index (Phi) is 10.8. The lowest BCUT2D eigenvalue weighted by Gasteiger charge is -2.25. The van der Waals surface area contributed by atoms with E-state index in [1.165, 1.54) is 12.7 Å². The van der Waals surface area contributed by atoms with Gasteiger partial charge in [-0.25, -0.2) is 4.79 Å². The van der Waals surface area contributed by atoms with E-state index in [9.17, 15) is 14.4 Å². The van der Waals surface area contributed by atoms with E-state index in [0.29, 0.717) is 18.7 Å². The van der Waals surface area contributed by atoms with Gasteiger partial charge < -0.3 is 20.1 Å². The zero-order valence-electron chi connectivity index (χ0n) is 21.4. The Labute approximate surface area is 208 Å². The molecule has 0 spiro atoms. The maximum atomic E-state index is 12.6. The fraction of sp³-hybridized carbons (Fsp3) is 0.464. The minimum atomic E-state index is -0.689. The van der Waals surface area contributed by atoms with Crippen molar-refractivity contribution in [1.29, 1.82) is 0 Å². The van der Waals surface area contributed by atoms with E-state index in [0.717, 1.165) is 12.2 Å². The zero-order chi connectivity index (χ0) is 25.8. The highest BCUT2D eigenvalue weighted by molar-refractivity contribution is 5.92. The van der Waals surface area contributed by atoms with Crippen LogP contribution in [0.3, 0.4) is 0 Å². The first-order valence-corrected chi connectivity index (χ1v) is 12.0. The van der Waals surface area contributed by atoms with E-state index in [-0.39, 0.29) is 30.6 Å². The van der Waals surface area contributed by atoms with Crippen molar-refractivity contribution in [1.82, 2.24) is 5.32 Å². The van der Waals surface area contributed by atoms with E-state index in [4.69, 9.17) is 9.47 Å². The number of carbonyl (C=O) groups excluding carboxylic acids is 3. The molecule has 2 aromatic carbocycles. The molecule has 35 heavy (non-hydrogen) atoms. The first-order valence-electron chi connectivity index (χ1n) is 12.0. The van der Waals surface area contributed by atoms with Crippen LogP contribution in [0.25, 0.3) is 0 Å². The summed E-state index contributed by atoms with van der Waals surface area (Å²) in [5.74, 6) is 0.0227. The number of carbonyl (C=O) groups is 3. The van der Waals surface area contributed by atoms with Crippen LogP contribution in [0.4, 0.5) is 5.69 Å². The molecule has 2 N–H and O–H groups in total. The van der Waals surface area contributed by atoms with E-state index in [1.54, 1.807) is 12.1 Å². The quantitative estimate of drug-likeness (QED) is 0.402. The highest BCUT2D eigenvalue weighted by atomic mass is 16.5. The molecule has 1 atom stereocenters. The lowest BCUT2D eigenvalue weighted by atomic mass is 9.84. The van der Waals surface area contributed by atoms with Gasteiger partial charge in [0.2, 0.25) is 11.8 Å². The summed E-state index contributed by atoms with van der Waals surface area (Å²) in [5, 5.41) is 5.63. The number of hydrogen-bond donors (Lipinski definition) is 2. The molecule has 0 bridgehead atoms. The van der Waals surface area contributed by atoms with Gasteiger partial charge in [-0.1, -0.05) is 58.0 Å². The Morgan fingerprint density at radius 2 is 1.54 bits per heavy atom. The van der Waals surface area contributed by atoms with Gasteiger partial charge >= 0.3 is 5.97 Å². The molecule has 2 aromatic rings. The standard InChI is InChI=1S/C28H38N2O5/c1-20(2)17-24(27(33)34-5)30-26(32)19-28(3,4)18-25(31)29-22-11-13-23(14-12-22)35-16-15-21-9-7-6-8-10-21/h6-14,20,24H,15-19H2,1-5H3,(H,29,31)(H,30,32). The number of nitrogens with one attached hydrogen (secondary N) is 2. The minimum absolute atomic E-state index is 0.111. The molecule has 2 rings (SSSR count). The molecule has 190 valence electrons.